The first-order chi connectivity index (χ1) is 17.2. The Labute approximate surface area is 212 Å². The molecule has 2 amide bonds. The number of carbonyl (C=O) groups is 2. The van der Waals surface area contributed by atoms with Crippen LogP contribution in [0.1, 0.15) is 12.6 Å². The number of aromatic nitrogens is 2. The number of nitrogens with zero attached hydrogens (tertiary/aromatic N) is 4. The van der Waals surface area contributed by atoms with Gasteiger partial charge in [0.2, 0.25) is 5.91 Å². The molecule has 1 aromatic heterocycles. The molecule has 0 atom stereocenters. The van der Waals surface area contributed by atoms with E-state index < -0.39 is 18.2 Å². The average Bonchev–Trinajstić information content (AvgIpc) is 3.32. The fourth-order valence-electron chi connectivity index (χ4n) is 3.78. The van der Waals surface area contributed by atoms with Crippen molar-refractivity contribution in [2.75, 3.05) is 44.3 Å². The number of aryl methyl sites for hydroxylation is 1. The Balaban J connectivity index is 1.50. The normalized spacial score (nSPS) is 15.6. The molecular weight excluding hydrogens is 521 g/mol. The molecule has 4 rings (SSSR count). The summed E-state index contributed by atoms with van der Waals surface area (Å²) in [6, 6.07) is 4.93. The summed E-state index contributed by atoms with van der Waals surface area (Å²) < 4.78 is 47.8. The van der Waals surface area contributed by atoms with E-state index in [1.165, 1.54) is 28.5 Å². The Hall–Kier alpha value is -2.87. The van der Waals surface area contributed by atoms with Crippen molar-refractivity contribution < 1.29 is 32.2 Å². The number of benzene rings is 1. The lowest BCUT2D eigenvalue weighted by molar-refractivity contribution is -0.274. The van der Waals surface area contributed by atoms with Crippen LogP contribution in [0.25, 0.3) is 5.69 Å². The Morgan fingerprint density at radius 1 is 1.11 bits per heavy atom. The summed E-state index contributed by atoms with van der Waals surface area (Å²) in [5, 5.41) is 0.282. The van der Waals surface area contributed by atoms with Gasteiger partial charge in [-0.05, 0) is 31.2 Å². The quantitative estimate of drug-likeness (QED) is 0.405. The van der Waals surface area contributed by atoms with E-state index in [-0.39, 0.29) is 29.0 Å². The summed E-state index contributed by atoms with van der Waals surface area (Å²) in [4.78, 5) is 46.2. The van der Waals surface area contributed by atoms with Crippen LogP contribution >= 0.6 is 23.5 Å². The molecule has 3 heterocycles. The minimum Gasteiger partial charge on any atom is -0.450 e. The van der Waals surface area contributed by atoms with Crippen LogP contribution < -0.4 is 10.3 Å². The molecule has 2 aliphatic heterocycles. The lowest BCUT2D eigenvalue weighted by Crippen LogP contribution is -2.51. The van der Waals surface area contributed by atoms with Crippen molar-refractivity contribution in [1.29, 1.82) is 0 Å². The highest BCUT2D eigenvalue weighted by Crippen LogP contribution is 2.31. The highest BCUT2D eigenvalue weighted by molar-refractivity contribution is 8.00. The van der Waals surface area contributed by atoms with E-state index in [9.17, 15) is 27.6 Å². The topological polar surface area (TPSA) is 94.0 Å². The number of fused-ring (bicyclic) bond motifs is 1. The monoisotopic (exact) mass is 544 g/mol. The first-order valence-electron chi connectivity index (χ1n) is 11.1. The summed E-state index contributed by atoms with van der Waals surface area (Å²) in [7, 11) is 0. The lowest BCUT2D eigenvalue weighted by Gasteiger charge is -2.34. The van der Waals surface area contributed by atoms with E-state index in [1.807, 2.05) is 0 Å². The molecule has 1 saturated heterocycles. The zero-order chi connectivity index (χ0) is 25.9. The van der Waals surface area contributed by atoms with Crippen molar-refractivity contribution in [3.63, 3.8) is 0 Å². The van der Waals surface area contributed by atoms with Crippen LogP contribution in [0.3, 0.4) is 0 Å². The molecule has 0 radical (unpaired) electrons. The highest BCUT2D eigenvalue weighted by atomic mass is 32.2. The minimum absolute atomic E-state index is 0.00699. The number of hydrogen-bond donors (Lipinski definition) is 0. The third-order valence-corrected chi connectivity index (χ3v) is 7.51. The summed E-state index contributed by atoms with van der Waals surface area (Å²) >= 11 is 2.47. The predicted molar refractivity (Wildman–Crippen MR) is 127 cm³/mol. The largest absolute Gasteiger partial charge is 0.573 e. The van der Waals surface area contributed by atoms with Crippen LogP contribution in [0.2, 0.25) is 0 Å². The Kier molecular flexibility index (Phi) is 8.03. The van der Waals surface area contributed by atoms with Gasteiger partial charge in [0.05, 0.1) is 28.6 Å². The predicted octanol–water partition coefficient (Wildman–Crippen LogP) is 3.17. The Morgan fingerprint density at radius 2 is 1.78 bits per heavy atom. The maximum Gasteiger partial charge on any atom is 0.573 e. The maximum absolute atomic E-state index is 13.2. The molecule has 2 aromatic rings. The van der Waals surface area contributed by atoms with E-state index >= 15 is 0 Å². The van der Waals surface area contributed by atoms with Crippen LogP contribution in [0.5, 0.6) is 5.75 Å². The summed E-state index contributed by atoms with van der Waals surface area (Å²) in [5.41, 5.74) is 0.636. The first-order valence-corrected chi connectivity index (χ1v) is 13.1. The fourth-order valence-corrected chi connectivity index (χ4v) is 5.74. The lowest BCUT2D eigenvalue weighted by atomic mass is 10.3. The molecule has 1 fully saturated rings. The minimum atomic E-state index is -4.83. The molecule has 2 aliphatic rings. The van der Waals surface area contributed by atoms with Gasteiger partial charge < -0.3 is 19.3 Å². The molecule has 0 saturated carbocycles. The number of hydrogen-bond acceptors (Lipinski definition) is 8. The molecular formula is C22H23F3N4O5S2. The first kappa shape index (κ1) is 26.2. The smallest absolute Gasteiger partial charge is 0.450 e. The molecule has 36 heavy (non-hydrogen) atoms. The maximum atomic E-state index is 13.2. The average molecular weight is 545 g/mol. The fraction of sp³-hybridized carbons (Fsp3) is 0.455. The van der Waals surface area contributed by atoms with Crippen LogP contribution in [0.15, 0.2) is 39.1 Å². The van der Waals surface area contributed by atoms with E-state index in [4.69, 9.17) is 4.74 Å². The molecule has 194 valence electrons. The van der Waals surface area contributed by atoms with Gasteiger partial charge in [-0.2, -0.15) is 0 Å². The second-order valence-corrected chi connectivity index (χ2v) is 9.85. The second kappa shape index (κ2) is 11.0. The highest BCUT2D eigenvalue weighted by Gasteiger charge is 2.31. The van der Waals surface area contributed by atoms with E-state index in [0.717, 1.165) is 23.9 Å². The van der Waals surface area contributed by atoms with E-state index in [2.05, 4.69) is 9.72 Å². The molecule has 1 aromatic carbocycles. The van der Waals surface area contributed by atoms with E-state index in [1.54, 1.807) is 16.7 Å². The van der Waals surface area contributed by atoms with Crippen molar-refractivity contribution in [3.05, 3.63) is 40.3 Å². The standard InChI is InChI=1S/C22H23F3N4O5S2/c1-2-33-21(32)28-10-8-27(9-11-28)17(30)13-36-20-26-16-7-12-35-18(16)19(31)29(20)14-3-5-15(6-4-14)34-22(23,24)25/h3-6H,2,7-13H2,1H3. The van der Waals surface area contributed by atoms with Gasteiger partial charge in [0.25, 0.3) is 5.56 Å². The second-order valence-electron chi connectivity index (χ2n) is 7.81. The molecule has 0 aliphatic carbocycles. The van der Waals surface area contributed by atoms with Crippen molar-refractivity contribution in [1.82, 2.24) is 19.4 Å². The Morgan fingerprint density at radius 3 is 2.42 bits per heavy atom. The van der Waals surface area contributed by atoms with Gasteiger partial charge in [0, 0.05) is 38.4 Å². The van der Waals surface area contributed by atoms with Gasteiger partial charge in [-0.3, -0.25) is 14.2 Å². The van der Waals surface area contributed by atoms with Gasteiger partial charge in [-0.15, -0.1) is 24.9 Å². The van der Waals surface area contributed by atoms with Gasteiger partial charge in [-0.25, -0.2) is 9.78 Å². The number of thioether (sulfide) groups is 2. The number of alkyl halides is 3. The van der Waals surface area contributed by atoms with Crippen molar-refractivity contribution in [2.24, 2.45) is 0 Å². The zero-order valence-corrected chi connectivity index (χ0v) is 20.9. The summed E-state index contributed by atoms with van der Waals surface area (Å²) in [6.07, 6.45) is -4.62. The van der Waals surface area contributed by atoms with Crippen LogP contribution in [0.4, 0.5) is 18.0 Å². The number of halogens is 3. The van der Waals surface area contributed by atoms with Crippen molar-refractivity contribution in [3.8, 4) is 11.4 Å². The molecule has 0 spiro atoms. The van der Waals surface area contributed by atoms with Crippen molar-refractivity contribution in [2.45, 2.75) is 29.8 Å². The summed E-state index contributed by atoms with van der Waals surface area (Å²) in [5.74, 6) is 0.128. The van der Waals surface area contributed by atoms with Crippen molar-refractivity contribution >= 4 is 35.5 Å². The SMILES string of the molecule is CCOC(=O)N1CCN(C(=O)CSc2nc3c(c(=O)n2-c2ccc(OC(F)(F)F)cc2)SCC3)CC1. The van der Waals surface area contributed by atoms with E-state index in [0.29, 0.717) is 54.6 Å². The van der Waals surface area contributed by atoms with Crippen LogP contribution in [0, 0.1) is 0 Å². The number of rotatable bonds is 6. The molecule has 14 heteroatoms. The molecule has 0 unspecified atom stereocenters. The summed E-state index contributed by atoms with van der Waals surface area (Å²) in [6.45, 7) is 3.45. The number of ether oxygens (including phenoxy) is 2. The zero-order valence-electron chi connectivity index (χ0n) is 19.2. The third kappa shape index (κ3) is 6.09. The molecule has 0 N–H and O–H groups in total. The van der Waals surface area contributed by atoms with Gasteiger partial charge in [0.15, 0.2) is 5.16 Å². The van der Waals surface area contributed by atoms with Crippen LogP contribution in [-0.2, 0) is 16.0 Å². The Bertz CT molecular complexity index is 1180. The number of carbonyl (C=O) groups excluding carboxylic acids is 2. The van der Waals surface area contributed by atoms with Gasteiger partial charge in [-0.1, -0.05) is 11.8 Å². The molecule has 0 bridgehead atoms. The van der Waals surface area contributed by atoms with Gasteiger partial charge >= 0.3 is 12.5 Å². The number of amides is 2. The van der Waals surface area contributed by atoms with Gasteiger partial charge in [0.1, 0.15) is 5.75 Å². The number of piperazine rings is 1. The van der Waals surface area contributed by atoms with Crippen LogP contribution in [-0.4, -0.2) is 82.0 Å². The molecule has 9 nitrogen and oxygen atoms in total. The third-order valence-electron chi connectivity index (χ3n) is 5.48.